The molecule has 0 spiro atoms. The average Bonchev–Trinajstić information content (AvgIpc) is 3.09. The standard InChI is InChI=1S/C17H13Cl2N3O3S/c18-11-1-5-13(6-2-11)20-15(23)10-26-17-22-21-16(25-17)9-24-14-7-3-12(19)4-8-14/h1-8H,9-10H2,(H,20,23). The van der Waals surface area contributed by atoms with Gasteiger partial charge in [0, 0.05) is 15.7 Å². The Morgan fingerprint density at radius 3 is 2.38 bits per heavy atom. The molecule has 0 radical (unpaired) electrons. The van der Waals surface area contributed by atoms with Gasteiger partial charge in [-0.25, -0.2) is 0 Å². The van der Waals surface area contributed by atoms with E-state index in [4.69, 9.17) is 32.4 Å². The van der Waals surface area contributed by atoms with E-state index in [1.165, 1.54) is 0 Å². The van der Waals surface area contributed by atoms with Crippen LogP contribution in [-0.2, 0) is 11.4 Å². The first-order chi connectivity index (χ1) is 12.6. The molecule has 6 nitrogen and oxygen atoms in total. The number of nitrogens with one attached hydrogen (secondary N) is 1. The molecule has 0 atom stereocenters. The van der Waals surface area contributed by atoms with Crippen LogP contribution in [0.2, 0.25) is 10.0 Å². The van der Waals surface area contributed by atoms with Crippen LogP contribution in [0.5, 0.6) is 5.75 Å². The smallest absolute Gasteiger partial charge is 0.277 e. The van der Waals surface area contributed by atoms with Crippen molar-refractivity contribution in [1.29, 1.82) is 0 Å². The van der Waals surface area contributed by atoms with Gasteiger partial charge in [0.1, 0.15) is 5.75 Å². The van der Waals surface area contributed by atoms with Crippen molar-refractivity contribution in [2.24, 2.45) is 0 Å². The molecule has 0 saturated carbocycles. The maximum atomic E-state index is 11.9. The van der Waals surface area contributed by atoms with E-state index in [9.17, 15) is 4.79 Å². The van der Waals surface area contributed by atoms with Gasteiger partial charge in [-0.2, -0.15) is 0 Å². The molecule has 1 aromatic heterocycles. The molecule has 1 N–H and O–H groups in total. The quantitative estimate of drug-likeness (QED) is 0.570. The first-order valence-corrected chi connectivity index (χ1v) is 9.21. The van der Waals surface area contributed by atoms with E-state index in [-0.39, 0.29) is 18.3 Å². The molecule has 0 bridgehead atoms. The summed E-state index contributed by atoms with van der Waals surface area (Å²) in [6.45, 7) is 0.131. The predicted molar refractivity (Wildman–Crippen MR) is 101 cm³/mol. The molecule has 1 heterocycles. The van der Waals surface area contributed by atoms with Crippen LogP contribution in [0.1, 0.15) is 5.89 Å². The number of carbonyl (C=O) groups excluding carboxylic acids is 1. The monoisotopic (exact) mass is 409 g/mol. The van der Waals surface area contributed by atoms with Crippen LogP contribution in [0.15, 0.2) is 58.2 Å². The van der Waals surface area contributed by atoms with Gasteiger partial charge in [-0.1, -0.05) is 35.0 Å². The Balaban J connectivity index is 1.45. The minimum absolute atomic E-state index is 0.131. The van der Waals surface area contributed by atoms with Crippen LogP contribution < -0.4 is 10.1 Å². The van der Waals surface area contributed by atoms with Crippen LogP contribution in [0.3, 0.4) is 0 Å². The Morgan fingerprint density at radius 2 is 1.69 bits per heavy atom. The summed E-state index contributed by atoms with van der Waals surface area (Å²) >= 11 is 12.8. The lowest BCUT2D eigenvalue weighted by molar-refractivity contribution is -0.113. The third-order valence-electron chi connectivity index (χ3n) is 3.08. The largest absolute Gasteiger partial charge is 0.484 e. The van der Waals surface area contributed by atoms with E-state index in [1.807, 2.05) is 0 Å². The number of aromatic nitrogens is 2. The van der Waals surface area contributed by atoms with Crippen molar-refractivity contribution < 1.29 is 13.9 Å². The van der Waals surface area contributed by atoms with Gasteiger partial charge in [-0.05, 0) is 48.5 Å². The first kappa shape index (κ1) is 18.6. The van der Waals surface area contributed by atoms with Gasteiger partial charge in [0.25, 0.3) is 11.1 Å². The van der Waals surface area contributed by atoms with Crippen LogP contribution >= 0.6 is 35.0 Å². The second kappa shape index (κ2) is 8.93. The lowest BCUT2D eigenvalue weighted by Crippen LogP contribution is -2.13. The molecule has 0 aliphatic rings. The number of halogens is 2. The number of hydrogen-bond acceptors (Lipinski definition) is 6. The molecular formula is C17H13Cl2N3O3S. The van der Waals surface area contributed by atoms with E-state index >= 15 is 0 Å². The number of rotatable bonds is 7. The van der Waals surface area contributed by atoms with E-state index in [2.05, 4.69) is 15.5 Å². The summed E-state index contributed by atoms with van der Waals surface area (Å²) < 4.78 is 11.0. The third-order valence-corrected chi connectivity index (χ3v) is 4.40. The highest BCUT2D eigenvalue weighted by Crippen LogP contribution is 2.20. The Kier molecular flexibility index (Phi) is 6.38. The molecule has 1 amide bonds. The average molecular weight is 410 g/mol. The summed E-state index contributed by atoms with van der Waals surface area (Å²) in [5, 5.41) is 12.1. The second-order valence-corrected chi connectivity index (χ2v) is 6.85. The van der Waals surface area contributed by atoms with Crippen molar-refractivity contribution in [3.8, 4) is 5.75 Å². The fraction of sp³-hybridized carbons (Fsp3) is 0.118. The normalized spacial score (nSPS) is 10.5. The molecule has 9 heteroatoms. The van der Waals surface area contributed by atoms with Crippen LogP contribution in [-0.4, -0.2) is 21.9 Å². The van der Waals surface area contributed by atoms with E-state index in [0.29, 0.717) is 32.6 Å². The molecule has 2 aromatic carbocycles. The van der Waals surface area contributed by atoms with Gasteiger partial charge in [-0.3, -0.25) is 4.79 Å². The number of amides is 1. The zero-order chi connectivity index (χ0) is 18.4. The van der Waals surface area contributed by atoms with Gasteiger partial charge < -0.3 is 14.5 Å². The molecule has 26 heavy (non-hydrogen) atoms. The van der Waals surface area contributed by atoms with Crippen molar-refractivity contribution in [2.45, 2.75) is 11.8 Å². The SMILES string of the molecule is O=C(CSc1nnc(COc2ccc(Cl)cc2)o1)Nc1ccc(Cl)cc1. The van der Waals surface area contributed by atoms with Crippen molar-refractivity contribution in [2.75, 3.05) is 11.1 Å². The van der Waals surface area contributed by atoms with Crippen molar-refractivity contribution in [3.63, 3.8) is 0 Å². The van der Waals surface area contributed by atoms with Crippen LogP contribution in [0, 0.1) is 0 Å². The Bertz CT molecular complexity index is 870. The number of nitrogens with zero attached hydrogens (tertiary/aromatic N) is 2. The van der Waals surface area contributed by atoms with E-state index in [0.717, 1.165) is 11.8 Å². The topological polar surface area (TPSA) is 77.2 Å². The van der Waals surface area contributed by atoms with Crippen molar-refractivity contribution >= 4 is 46.6 Å². The van der Waals surface area contributed by atoms with E-state index in [1.54, 1.807) is 48.5 Å². The highest BCUT2D eigenvalue weighted by molar-refractivity contribution is 7.99. The zero-order valence-corrected chi connectivity index (χ0v) is 15.6. The number of carbonyl (C=O) groups is 1. The van der Waals surface area contributed by atoms with Gasteiger partial charge in [0.2, 0.25) is 5.91 Å². The first-order valence-electron chi connectivity index (χ1n) is 7.47. The number of anilines is 1. The summed E-state index contributed by atoms with van der Waals surface area (Å²) in [5.41, 5.74) is 0.669. The number of thioether (sulfide) groups is 1. The number of benzene rings is 2. The molecule has 0 aliphatic heterocycles. The molecule has 0 unspecified atom stereocenters. The fourth-order valence-electron chi connectivity index (χ4n) is 1.89. The molecular weight excluding hydrogens is 397 g/mol. The maximum Gasteiger partial charge on any atom is 0.277 e. The van der Waals surface area contributed by atoms with Crippen molar-refractivity contribution in [1.82, 2.24) is 10.2 Å². The second-order valence-electron chi connectivity index (χ2n) is 5.05. The minimum atomic E-state index is -0.186. The highest BCUT2D eigenvalue weighted by Gasteiger charge is 2.10. The summed E-state index contributed by atoms with van der Waals surface area (Å²) in [6.07, 6.45) is 0. The maximum absolute atomic E-state index is 11.9. The lowest BCUT2D eigenvalue weighted by atomic mass is 10.3. The Morgan fingerprint density at radius 1 is 1.04 bits per heavy atom. The summed E-state index contributed by atoms with van der Waals surface area (Å²) in [6, 6.07) is 13.8. The summed E-state index contributed by atoms with van der Waals surface area (Å²) in [7, 11) is 0. The third kappa shape index (κ3) is 5.66. The van der Waals surface area contributed by atoms with Crippen molar-refractivity contribution in [3.05, 3.63) is 64.5 Å². The van der Waals surface area contributed by atoms with Crippen LogP contribution in [0.4, 0.5) is 5.69 Å². The van der Waals surface area contributed by atoms with Gasteiger partial charge in [-0.15, -0.1) is 10.2 Å². The molecule has 3 rings (SSSR count). The van der Waals surface area contributed by atoms with Gasteiger partial charge in [0.05, 0.1) is 5.75 Å². The molecule has 134 valence electrons. The summed E-state index contributed by atoms with van der Waals surface area (Å²) in [4.78, 5) is 11.9. The molecule has 3 aromatic rings. The van der Waals surface area contributed by atoms with Crippen LogP contribution in [0.25, 0.3) is 0 Å². The molecule has 0 fully saturated rings. The summed E-state index contributed by atoms with van der Waals surface area (Å²) in [5.74, 6) is 0.918. The number of hydrogen-bond donors (Lipinski definition) is 1. The lowest BCUT2D eigenvalue weighted by Gasteiger charge is -2.03. The minimum Gasteiger partial charge on any atom is -0.484 e. The zero-order valence-electron chi connectivity index (χ0n) is 13.3. The highest BCUT2D eigenvalue weighted by atomic mass is 35.5. The predicted octanol–water partition coefficient (Wildman–Crippen LogP) is 4.69. The van der Waals surface area contributed by atoms with Gasteiger partial charge in [0.15, 0.2) is 6.61 Å². The van der Waals surface area contributed by atoms with E-state index < -0.39 is 0 Å². The fourth-order valence-corrected chi connectivity index (χ4v) is 2.72. The Hall–Kier alpha value is -2.22. The molecule has 0 aliphatic carbocycles. The number of ether oxygens (including phenoxy) is 1. The molecule has 0 saturated heterocycles. The Labute approximate surface area is 163 Å². The van der Waals surface area contributed by atoms with Gasteiger partial charge >= 0.3 is 0 Å².